The third-order valence-electron chi connectivity index (χ3n) is 17.7. The molecule has 492 valence electrons. The topological polar surface area (TPSA) is 160 Å². The average molecular weight is 1500 g/mol. The Morgan fingerprint density at radius 3 is 0.832 bits per heavy atom. The molecule has 0 unspecified atom stereocenters. The maximum Gasteiger partial charge on any atom is 0.423 e. The van der Waals surface area contributed by atoms with Gasteiger partial charge in [0.15, 0.2) is 60.4 Å². The largest absolute Gasteiger partial charge is 0.456 e. The van der Waals surface area contributed by atoms with E-state index < -0.39 is 21.7 Å². The molecule has 17 heteroatoms. The van der Waals surface area contributed by atoms with Gasteiger partial charge < -0.3 is 23.0 Å². The molecule has 0 saturated heterocycles. The first kappa shape index (κ1) is 66.5. The standard InChI is InChI=1S/C49H37N3O4P2.C21H13Br2N3.C14H12O2P/c1-30-10-22-39-43(26-30)57(53,44-27-31(2)11-23-40(44)55-39)37-18-14-35(15-19-37)48-50-47(34-8-6-5-7-9-34)51-49(52-48)36-16-20-38(21-17-36)58(54)45-28-32(3)12-24-41(45)56-42-25-13-33(4)29-46(42)58;22-17-10-6-15(7-11-17)20-24-19(14-4-2-1-3-5-14)25-21(26-20)16-8-12-18(23)13-9-16;1-9-3-5-11-13(7-9)17(15)14-8-10(2)4-6-12(14)16-11/h5-29H,1-4H3;1-13H;3-8H,1-2H3/q;;+1. The Morgan fingerprint density at radius 1 is 0.297 bits per heavy atom. The van der Waals surface area contributed by atoms with E-state index in [1.165, 1.54) is 0 Å². The first-order chi connectivity index (χ1) is 48.9. The number of ether oxygens (including phenoxy) is 2. The monoisotopic (exact) mass is 1500 g/mol. The van der Waals surface area contributed by atoms with Gasteiger partial charge in [-0.25, -0.2) is 29.9 Å². The van der Waals surface area contributed by atoms with Gasteiger partial charge in [-0.1, -0.05) is 229 Å². The van der Waals surface area contributed by atoms with Crippen molar-refractivity contribution in [3.8, 4) is 91.3 Å². The molecule has 0 fully saturated rings. The summed E-state index contributed by atoms with van der Waals surface area (Å²) >= 11 is 6.94. The molecule has 101 heavy (non-hydrogen) atoms. The first-order valence-electron chi connectivity index (χ1n) is 32.7. The van der Waals surface area contributed by atoms with Gasteiger partial charge >= 0.3 is 7.41 Å². The lowest BCUT2D eigenvalue weighted by Gasteiger charge is -2.29. The lowest BCUT2D eigenvalue weighted by atomic mass is 10.1. The Labute approximate surface area is 602 Å². The van der Waals surface area contributed by atoms with Gasteiger partial charge in [0, 0.05) is 52.9 Å². The van der Waals surface area contributed by atoms with Crippen LogP contribution in [0.15, 0.2) is 280 Å². The maximum atomic E-state index is 15.5. The predicted octanol–water partition coefficient (Wildman–Crippen LogP) is 20.9. The minimum Gasteiger partial charge on any atom is -0.456 e. The quantitative estimate of drug-likeness (QED) is 0.105. The second-order valence-corrected chi connectivity index (χ2v) is 33.9. The molecule has 15 aromatic rings. The highest BCUT2D eigenvalue weighted by Gasteiger charge is 2.41. The summed E-state index contributed by atoms with van der Waals surface area (Å²) in [7, 11) is -8.14. The summed E-state index contributed by atoms with van der Waals surface area (Å²) in [6.07, 6.45) is 0. The highest BCUT2D eigenvalue weighted by atomic mass is 79.9. The highest BCUT2D eigenvalue weighted by molar-refractivity contribution is 9.10. The Kier molecular flexibility index (Phi) is 18.2. The van der Waals surface area contributed by atoms with Crippen molar-refractivity contribution in [1.82, 2.24) is 29.9 Å². The number of benzene rings is 12. The number of nitrogens with zero attached hydrogens (tertiary/aromatic N) is 6. The van der Waals surface area contributed by atoms with Crippen molar-refractivity contribution in [3.63, 3.8) is 0 Å². The van der Waals surface area contributed by atoms with E-state index in [4.69, 9.17) is 43.8 Å². The number of halogens is 2. The van der Waals surface area contributed by atoms with E-state index in [9.17, 15) is 4.57 Å². The van der Waals surface area contributed by atoms with Crippen molar-refractivity contribution < 1.29 is 27.6 Å². The van der Waals surface area contributed by atoms with E-state index in [0.29, 0.717) is 101 Å². The lowest BCUT2D eigenvalue weighted by Crippen LogP contribution is -2.31. The van der Waals surface area contributed by atoms with Crippen molar-refractivity contribution in [1.29, 1.82) is 0 Å². The molecule has 2 aliphatic heterocycles. The van der Waals surface area contributed by atoms with Gasteiger partial charge in [-0.3, -0.25) is 0 Å². The molecule has 12 aromatic carbocycles. The summed E-state index contributed by atoms with van der Waals surface area (Å²) in [5.74, 6) is 5.87. The van der Waals surface area contributed by atoms with Gasteiger partial charge in [0.1, 0.15) is 23.0 Å². The van der Waals surface area contributed by atoms with Crippen LogP contribution in [0.25, 0.3) is 89.7 Å². The fourth-order valence-corrected chi connectivity index (χ4v) is 20.5. The van der Waals surface area contributed by atoms with Crippen LogP contribution in [0, 0.1) is 41.5 Å². The summed E-state index contributed by atoms with van der Waals surface area (Å²) in [5, 5.41) is 5.76. The van der Waals surface area contributed by atoms with Crippen LogP contribution in [0.4, 0.5) is 0 Å². The van der Waals surface area contributed by atoms with Crippen molar-refractivity contribution in [2.24, 2.45) is 0 Å². The normalized spacial score (nSPS) is 12.8. The van der Waals surface area contributed by atoms with E-state index in [0.717, 1.165) is 85.9 Å². The number of fused-ring (bicyclic) bond motifs is 6. The fourth-order valence-electron chi connectivity index (χ4n) is 12.4. The van der Waals surface area contributed by atoms with Crippen LogP contribution in [0.1, 0.15) is 33.4 Å². The Morgan fingerprint density at radius 2 is 0.545 bits per heavy atom. The zero-order valence-corrected chi connectivity index (χ0v) is 61.5. The van der Waals surface area contributed by atoms with Gasteiger partial charge in [-0.2, -0.15) is 0 Å². The van der Waals surface area contributed by atoms with Gasteiger partial charge in [-0.15, -0.1) is 0 Å². The third-order valence-corrected chi connectivity index (χ3v) is 26.5. The first-order valence-corrected chi connectivity index (χ1v) is 38.9. The van der Waals surface area contributed by atoms with Gasteiger partial charge in [0.2, 0.25) is 10.2 Å². The van der Waals surface area contributed by atoms with E-state index >= 15 is 9.13 Å². The van der Waals surface area contributed by atoms with Crippen LogP contribution >= 0.6 is 53.6 Å². The number of aryl methyl sites for hydroxylation is 6. The minimum absolute atomic E-state index is 0.475. The van der Waals surface area contributed by atoms with E-state index in [1.807, 2.05) is 308 Å². The number of rotatable bonds is 8. The minimum atomic E-state index is -3.30. The van der Waals surface area contributed by atoms with Crippen molar-refractivity contribution in [2.45, 2.75) is 41.5 Å². The molecule has 0 N–H and O–H groups in total. The Bertz CT molecular complexity index is 5490. The molecule has 0 radical (unpaired) electrons. The molecular formula is C84H62Br2N6O6P3+. The van der Waals surface area contributed by atoms with Gasteiger partial charge in [-0.05, 0) is 150 Å². The molecule has 17 rings (SSSR count). The molecule has 0 amide bonds. The smallest absolute Gasteiger partial charge is 0.423 e. The van der Waals surface area contributed by atoms with Crippen LogP contribution in [-0.2, 0) is 13.7 Å². The number of hydrogen-bond donors (Lipinski definition) is 0. The summed E-state index contributed by atoms with van der Waals surface area (Å²) in [4.78, 5) is 29.0. The molecule has 12 nitrogen and oxygen atoms in total. The summed E-state index contributed by atoms with van der Waals surface area (Å²) in [6, 6.07) is 86.2. The molecule has 5 heterocycles. The fraction of sp³-hybridized carbons (Fsp3) is 0.0714. The number of hydrogen-bond acceptors (Lipinski definition) is 12. The van der Waals surface area contributed by atoms with Crippen molar-refractivity contribution >= 4 is 107 Å². The van der Waals surface area contributed by atoms with Crippen LogP contribution in [0.5, 0.6) is 23.0 Å². The molecule has 0 atom stereocenters. The highest BCUT2D eigenvalue weighted by Crippen LogP contribution is 2.54. The molecule has 2 aliphatic rings. The molecule has 0 spiro atoms. The zero-order valence-electron chi connectivity index (χ0n) is 55.6. The molecule has 0 saturated carbocycles. The van der Waals surface area contributed by atoms with Crippen LogP contribution < -0.4 is 41.3 Å². The SMILES string of the molecule is Brc1ccc(-c2nc(-c3ccccc3)nc(-c3ccc(Br)cc3)n2)cc1.Cc1ccc2c(c1)P(=O)(c1ccc(-c3nc(-c4ccccc4)nc(-c4ccc(P5(=O)c6cc(C)ccc6Oc6ccc(C)cc65)cc4)n3)cc1)c1cc(C)ccc1O2.Cc1ccc2oc3ccc(C)cc3[p+](=O)c2c1. The third kappa shape index (κ3) is 13.3. The molecule has 0 bridgehead atoms. The lowest BCUT2D eigenvalue weighted by molar-refractivity contribution is 0.484. The summed E-state index contributed by atoms with van der Waals surface area (Å²) in [6.45, 7) is 12.0. The van der Waals surface area contributed by atoms with Crippen LogP contribution in [-0.4, -0.2) is 29.9 Å². The second kappa shape index (κ2) is 27.6. The van der Waals surface area contributed by atoms with Gasteiger partial charge in [0.05, 0.1) is 21.2 Å². The zero-order chi connectivity index (χ0) is 69.7. The maximum absolute atomic E-state index is 15.5. The van der Waals surface area contributed by atoms with Crippen LogP contribution in [0.3, 0.4) is 0 Å². The van der Waals surface area contributed by atoms with E-state index in [-0.39, 0.29) is 0 Å². The number of aromatic nitrogens is 6. The predicted molar refractivity (Wildman–Crippen MR) is 416 cm³/mol. The van der Waals surface area contributed by atoms with Crippen LogP contribution in [0.2, 0.25) is 0 Å². The summed E-state index contributed by atoms with van der Waals surface area (Å²) in [5.41, 5.74) is 12.9. The second-order valence-electron chi connectivity index (χ2n) is 25.1. The van der Waals surface area contributed by atoms with E-state index in [2.05, 4.69) is 31.9 Å². The van der Waals surface area contributed by atoms with Crippen molar-refractivity contribution in [2.75, 3.05) is 0 Å². The molecule has 0 aliphatic carbocycles. The molecule has 3 aromatic heterocycles. The average Bonchev–Trinajstić information content (AvgIpc) is 0.730. The summed E-state index contributed by atoms with van der Waals surface area (Å²) < 4.78 is 63.8. The molecular weight excluding hydrogens is 1440 g/mol. The van der Waals surface area contributed by atoms with E-state index in [1.54, 1.807) is 0 Å². The Balaban J connectivity index is 0.000000156. The van der Waals surface area contributed by atoms with Gasteiger partial charge in [0.25, 0.3) is 0 Å². The Hall–Kier alpha value is -10.4. The van der Waals surface area contributed by atoms with Crippen molar-refractivity contribution in [3.05, 3.63) is 309 Å².